The van der Waals surface area contributed by atoms with Gasteiger partial charge in [0.05, 0.1) is 12.2 Å². The van der Waals surface area contributed by atoms with E-state index in [-0.39, 0.29) is 12.8 Å². The van der Waals surface area contributed by atoms with Gasteiger partial charge in [-0.2, -0.15) is 8.42 Å². The standard InChI is InChI=1S/C4H7O5S/c5-4(6)2-1-3-10(7,8)9/h1-3H2,(H,7,8,9). The van der Waals surface area contributed by atoms with Gasteiger partial charge in [-0.15, -0.1) is 0 Å². The molecule has 6 heteroatoms. The van der Waals surface area contributed by atoms with Crippen LogP contribution in [0.3, 0.4) is 0 Å². The van der Waals surface area contributed by atoms with Crippen molar-refractivity contribution < 1.29 is 22.9 Å². The molecule has 0 aliphatic heterocycles. The molecule has 0 aromatic rings. The monoisotopic (exact) mass is 167 g/mol. The Hall–Kier alpha value is -0.620. The second-order valence-corrected chi connectivity index (χ2v) is 3.33. The van der Waals surface area contributed by atoms with Crippen LogP contribution in [-0.4, -0.2) is 24.7 Å². The maximum Gasteiger partial charge on any atom is 0.355 e. The van der Waals surface area contributed by atoms with Crippen LogP contribution in [0.4, 0.5) is 0 Å². The molecule has 0 amide bonds. The summed E-state index contributed by atoms with van der Waals surface area (Å²) in [5, 5.41) is 9.70. The Morgan fingerprint density at radius 3 is 2.20 bits per heavy atom. The zero-order valence-electron chi connectivity index (χ0n) is 5.11. The van der Waals surface area contributed by atoms with Crippen molar-refractivity contribution in [1.29, 1.82) is 0 Å². The van der Waals surface area contributed by atoms with Crippen molar-refractivity contribution in [3.63, 3.8) is 0 Å². The molecule has 0 aromatic carbocycles. The molecule has 0 saturated carbocycles. The molecule has 59 valence electrons. The van der Waals surface area contributed by atoms with Crippen LogP contribution in [0.25, 0.3) is 0 Å². The number of rotatable bonds is 4. The lowest BCUT2D eigenvalue weighted by atomic mass is 10.3. The van der Waals surface area contributed by atoms with Crippen LogP contribution in [0.1, 0.15) is 12.8 Å². The quantitative estimate of drug-likeness (QED) is 0.577. The van der Waals surface area contributed by atoms with Crippen LogP contribution in [0.15, 0.2) is 0 Å². The molecular weight excluding hydrogens is 160 g/mol. The maximum atomic E-state index is 9.95. The molecule has 0 fully saturated rings. The van der Waals surface area contributed by atoms with Crippen LogP contribution in [0.2, 0.25) is 0 Å². The van der Waals surface area contributed by atoms with Gasteiger partial charge in [0.15, 0.2) is 0 Å². The smallest absolute Gasteiger partial charge is 0.286 e. The van der Waals surface area contributed by atoms with Gasteiger partial charge in [0, 0.05) is 0 Å². The molecule has 0 heterocycles. The molecule has 0 bridgehead atoms. The highest BCUT2D eigenvalue weighted by Gasteiger charge is 2.06. The van der Waals surface area contributed by atoms with Crippen LogP contribution < -0.4 is 0 Å². The summed E-state index contributed by atoms with van der Waals surface area (Å²) in [6, 6.07) is 0. The first-order valence-corrected chi connectivity index (χ1v) is 4.18. The minimum Gasteiger partial charge on any atom is -0.286 e. The van der Waals surface area contributed by atoms with Gasteiger partial charge in [-0.25, -0.2) is 9.90 Å². The number of hydrogen-bond donors (Lipinski definition) is 1. The minimum atomic E-state index is -4.01. The van der Waals surface area contributed by atoms with Crippen molar-refractivity contribution in [2.24, 2.45) is 0 Å². The third-order valence-electron chi connectivity index (χ3n) is 0.783. The normalized spacial score (nSPS) is 11.3. The molecule has 0 unspecified atom stereocenters. The molecule has 0 spiro atoms. The Labute approximate surface area is 58.4 Å². The van der Waals surface area contributed by atoms with E-state index in [9.17, 15) is 18.3 Å². The van der Waals surface area contributed by atoms with Crippen LogP contribution in [0.5, 0.6) is 0 Å². The van der Waals surface area contributed by atoms with Crippen molar-refractivity contribution in [3.05, 3.63) is 0 Å². The Morgan fingerprint density at radius 1 is 1.40 bits per heavy atom. The van der Waals surface area contributed by atoms with E-state index in [4.69, 9.17) is 4.55 Å². The van der Waals surface area contributed by atoms with Crippen molar-refractivity contribution in [1.82, 2.24) is 0 Å². The van der Waals surface area contributed by atoms with E-state index in [1.54, 1.807) is 0 Å². The second kappa shape index (κ2) is 3.52. The van der Waals surface area contributed by atoms with E-state index < -0.39 is 21.8 Å². The molecule has 0 atom stereocenters. The van der Waals surface area contributed by atoms with Crippen LogP contribution in [0, 0.1) is 0 Å². The van der Waals surface area contributed by atoms with E-state index >= 15 is 0 Å². The zero-order chi connectivity index (χ0) is 8.20. The SMILES string of the molecule is [O]C(=O)CCCS(=O)(=O)O. The summed E-state index contributed by atoms with van der Waals surface area (Å²) in [4.78, 5) is 9.70. The lowest BCUT2D eigenvalue weighted by molar-refractivity contribution is -0.143. The Balaban J connectivity index is 3.49. The molecule has 1 radical (unpaired) electrons. The summed E-state index contributed by atoms with van der Waals surface area (Å²) in [7, 11) is -4.01. The average molecular weight is 167 g/mol. The zero-order valence-corrected chi connectivity index (χ0v) is 5.93. The summed E-state index contributed by atoms with van der Waals surface area (Å²) in [6.45, 7) is 0. The van der Waals surface area contributed by atoms with Crippen molar-refractivity contribution in [3.8, 4) is 0 Å². The van der Waals surface area contributed by atoms with E-state index in [0.29, 0.717) is 0 Å². The van der Waals surface area contributed by atoms with E-state index in [1.165, 1.54) is 0 Å². The third-order valence-corrected chi connectivity index (χ3v) is 1.59. The summed E-state index contributed by atoms with van der Waals surface area (Å²) in [5.74, 6) is -1.84. The summed E-state index contributed by atoms with van der Waals surface area (Å²) in [5.41, 5.74) is 0. The molecule has 0 aliphatic carbocycles. The average Bonchev–Trinajstić information content (AvgIpc) is 1.59. The molecule has 5 nitrogen and oxygen atoms in total. The lowest BCUT2D eigenvalue weighted by Gasteiger charge is -1.90. The van der Waals surface area contributed by atoms with Gasteiger partial charge in [0.25, 0.3) is 10.1 Å². The topological polar surface area (TPSA) is 91.3 Å². The molecular formula is C4H7O5S. The minimum absolute atomic E-state index is 0.110. The van der Waals surface area contributed by atoms with Gasteiger partial charge in [0.1, 0.15) is 0 Å². The summed E-state index contributed by atoms with van der Waals surface area (Å²) >= 11 is 0. The fourth-order valence-corrected chi connectivity index (χ4v) is 0.908. The summed E-state index contributed by atoms with van der Waals surface area (Å²) < 4.78 is 28.0. The summed E-state index contributed by atoms with van der Waals surface area (Å²) in [6.07, 6.45) is -0.457. The first-order chi connectivity index (χ1) is 4.42. The van der Waals surface area contributed by atoms with Gasteiger partial charge in [-0.3, -0.25) is 4.55 Å². The van der Waals surface area contributed by atoms with Gasteiger partial charge in [-0.1, -0.05) is 0 Å². The molecule has 0 aromatic heterocycles. The molecule has 1 N–H and O–H groups in total. The molecule has 0 saturated heterocycles. The van der Waals surface area contributed by atoms with Crippen molar-refractivity contribution in [2.75, 3.05) is 5.75 Å². The van der Waals surface area contributed by atoms with Gasteiger partial charge >= 0.3 is 5.97 Å². The fraction of sp³-hybridized carbons (Fsp3) is 0.750. The molecule has 0 aliphatic rings. The number of carbonyl (C=O) groups excluding carboxylic acids is 1. The van der Waals surface area contributed by atoms with E-state index in [1.807, 2.05) is 0 Å². The maximum absolute atomic E-state index is 9.95. The Bertz CT molecular complexity index is 204. The second-order valence-electron chi connectivity index (χ2n) is 1.76. The van der Waals surface area contributed by atoms with Crippen molar-refractivity contribution in [2.45, 2.75) is 12.8 Å². The van der Waals surface area contributed by atoms with Crippen LogP contribution >= 0.6 is 0 Å². The fourth-order valence-electron chi connectivity index (χ4n) is 0.399. The van der Waals surface area contributed by atoms with Gasteiger partial charge in [-0.05, 0) is 6.42 Å². The number of hydrogen-bond acceptors (Lipinski definition) is 3. The lowest BCUT2D eigenvalue weighted by Crippen LogP contribution is -2.05. The van der Waals surface area contributed by atoms with Crippen LogP contribution in [-0.2, 0) is 20.0 Å². The first-order valence-electron chi connectivity index (χ1n) is 2.57. The number of carbonyl (C=O) groups is 1. The highest BCUT2D eigenvalue weighted by atomic mass is 32.2. The Morgan fingerprint density at radius 2 is 1.90 bits per heavy atom. The van der Waals surface area contributed by atoms with E-state index in [0.717, 1.165) is 0 Å². The predicted octanol–water partition coefficient (Wildman–Crippen LogP) is -0.389. The highest BCUT2D eigenvalue weighted by molar-refractivity contribution is 7.85. The van der Waals surface area contributed by atoms with Crippen molar-refractivity contribution >= 4 is 16.1 Å². The molecule has 0 rings (SSSR count). The molecule has 10 heavy (non-hydrogen) atoms. The third kappa shape index (κ3) is 7.38. The first kappa shape index (κ1) is 9.38. The Kier molecular flexibility index (Phi) is 3.31. The predicted molar refractivity (Wildman–Crippen MR) is 31.3 cm³/mol. The highest BCUT2D eigenvalue weighted by Crippen LogP contribution is 1.93. The van der Waals surface area contributed by atoms with Gasteiger partial charge in [0.2, 0.25) is 0 Å². The van der Waals surface area contributed by atoms with E-state index in [2.05, 4.69) is 0 Å². The van der Waals surface area contributed by atoms with Gasteiger partial charge < -0.3 is 0 Å². The largest absolute Gasteiger partial charge is 0.355 e.